The molecule has 0 unspecified atom stereocenters. The van der Waals surface area contributed by atoms with E-state index in [1.54, 1.807) is 24.3 Å². The summed E-state index contributed by atoms with van der Waals surface area (Å²) in [6, 6.07) is 21.2. The van der Waals surface area contributed by atoms with Gasteiger partial charge in [-0.2, -0.15) is 8.78 Å². The molecule has 0 bridgehead atoms. The van der Waals surface area contributed by atoms with E-state index in [1.807, 2.05) is 42.5 Å². The van der Waals surface area contributed by atoms with Gasteiger partial charge in [0.1, 0.15) is 5.75 Å². The second-order valence-corrected chi connectivity index (χ2v) is 7.30. The highest BCUT2D eigenvalue weighted by Crippen LogP contribution is 2.31. The van der Waals surface area contributed by atoms with Crippen LogP contribution in [0.4, 0.5) is 14.5 Å². The van der Waals surface area contributed by atoms with Crippen molar-refractivity contribution in [1.82, 2.24) is 0 Å². The highest BCUT2D eigenvalue weighted by Gasteiger charge is 2.12. The van der Waals surface area contributed by atoms with Gasteiger partial charge in [0, 0.05) is 5.75 Å². The van der Waals surface area contributed by atoms with Crippen molar-refractivity contribution in [3.05, 3.63) is 78.4 Å². The van der Waals surface area contributed by atoms with Crippen LogP contribution in [0.15, 0.2) is 72.8 Å². The molecule has 0 aliphatic heterocycles. The van der Waals surface area contributed by atoms with Crippen molar-refractivity contribution in [2.75, 3.05) is 18.2 Å². The van der Waals surface area contributed by atoms with Crippen molar-refractivity contribution < 1.29 is 27.8 Å². The van der Waals surface area contributed by atoms with Crippen LogP contribution in [0.2, 0.25) is 0 Å². The summed E-state index contributed by atoms with van der Waals surface area (Å²) in [4.78, 5) is 12.4. The van der Waals surface area contributed by atoms with Crippen LogP contribution in [0.5, 0.6) is 23.0 Å². The average Bonchev–Trinajstić information content (AvgIpc) is 2.76. The topological polar surface area (TPSA) is 56.8 Å². The maximum absolute atomic E-state index is 12.4. The summed E-state index contributed by atoms with van der Waals surface area (Å²) in [7, 11) is 1.38. The zero-order chi connectivity index (χ0) is 22.1. The Morgan fingerprint density at radius 3 is 2.45 bits per heavy atom. The Bertz CT molecular complexity index is 1000. The molecule has 3 aromatic carbocycles. The molecule has 0 spiro atoms. The summed E-state index contributed by atoms with van der Waals surface area (Å²) in [5.41, 5.74) is 1.40. The van der Waals surface area contributed by atoms with E-state index in [0.29, 0.717) is 22.9 Å². The average molecular weight is 445 g/mol. The molecule has 0 aliphatic rings. The van der Waals surface area contributed by atoms with Crippen LogP contribution in [-0.2, 0) is 10.5 Å². The third-order valence-corrected chi connectivity index (χ3v) is 5.08. The number of rotatable bonds is 10. The van der Waals surface area contributed by atoms with E-state index in [2.05, 4.69) is 10.1 Å². The van der Waals surface area contributed by atoms with Crippen LogP contribution in [0.1, 0.15) is 5.56 Å². The minimum absolute atomic E-state index is 0.0287. The molecule has 5 nitrogen and oxygen atoms in total. The van der Waals surface area contributed by atoms with Gasteiger partial charge in [0.25, 0.3) is 0 Å². The zero-order valence-electron chi connectivity index (χ0n) is 16.7. The van der Waals surface area contributed by atoms with Crippen LogP contribution in [-0.4, -0.2) is 25.4 Å². The number of methoxy groups -OCH3 is 1. The number of benzene rings is 3. The number of thioether (sulfide) groups is 1. The summed E-state index contributed by atoms with van der Waals surface area (Å²) < 4.78 is 40.2. The fraction of sp³-hybridized carbons (Fsp3) is 0.174. The van der Waals surface area contributed by atoms with Gasteiger partial charge in [0.2, 0.25) is 5.91 Å². The fourth-order valence-corrected chi connectivity index (χ4v) is 3.49. The van der Waals surface area contributed by atoms with Crippen molar-refractivity contribution >= 4 is 23.4 Å². The number of carbonyl (C=O) groups excluding carboxylic acids is 1. The fourth-order valence-electron chi connectivity index (χ4n) is 2.72. The van der Waals surface area contributed by atoms with Crippen molar-refractivity contribution in [2.45, 2.75) is 12.4 Å². The number of ether oxygens (including phenoxy) is 3. The van der Waals surface area contributed by atoms with E-state index in [9.17, 15) is 13.6 Å². The Kier molecular flexibility index (Phi) is 8.12. The first-order chi connectivity index (χ1) is 15.0. The summed E-state index contributed by atoms with van der Waals surface area (Å²) in [6.07, 6.45) is 0. The Hall–Kier alpha value is -3.26. The summed E-state index contributed by atoms with van der Waals surface area (Å²) >= 11 is 1.39. The number of nitrogens with one attached hydrogen (secondary N) is 1. The second kappa shape index (κ2) is 11.2. The molecule has 0 heterocycles. The predicted octanol–water partition coefficient (Wildman–Crippen LogP) is 5.96. The monoisotopic (exact) mass is 445 g/mol. The molecule has 0 radical (unpaired) electrons. The molecule has 162 valence electrons. The van der Waals surface area contributed by atoms with Gasteiger partial charge >= 0.3 is 6.61 Å². The second-order valence-electron chi connectivity index (χ2n) is 6.32. The van der Waals surface area contributed by atoms with Gasteiger partial charge in [0.15, 0.2) is 17.2 Å². The number of anilines is 1. The first-order valence-corrected chi connectivity index (χ1v) is 10.5. The Balaban J connectivity index is 1.54. The lowest BCUT2D eigenvalue weighted by Crippen LogP contribution is -2.14. The molecule has 0 aliphatic carbocycles. The molecular formula is C23H21F2NO4S. The summed E-state index contributed by atoms with van der Waals surface area (Å²) in [5, 5.41) is 2.86. The minimum Gasteiger partial charge on any atom is -0.493 e. The number of carbonyl (C=O) groups is 1. The van der Waals surface area contributed by atoms with Crippen LogP contribution >= 0.6 is 11.8 Å². The Labute approximate surface area is 183 Å². The normalized spacial score (nSPS) is 10.6. The molecule has 1 N–H and O–H groups in total. The molecule has 0 atom stereocenters. The van der Waals surface area contributed by atoms with Crippen molar-refractivity contribution in [3.8, 4) is 23.0 Å². The van der Waals surface area contributed by atoms with E-state index >= 15 is 0 Å². The molecule has 3 aromatic rings. The number of para-hydroxylation sites is 3. The van der Waals surface area contributed by atoms with Crippen LogP contribution in [0.25, 0.3) is 0 Å². The highest BCUT2D eigenvalue weighted by molar-refractivity contribution is 7.99. The number of halogens is 2. The van der Waals surface area contributed by atoms with E-state index in [0.717, 1.165) is 5.56 Å². The molecule has 1 amide bonds. The molecule has 0 saturated heterocycles. The van der Waals surface area contributed by atoms with E-state index in [-0.39, 0.29) is 23.2 Å². The number of alkyl halides is 2. The molecule has 0 saturated carbocycles. The largest absolute Gasteiger partial charge is 0.493 e. The lowest BCUT2D eigenvalue weighted by atomic mass is 10.2. The lowest BCUT2D eigenvalue weighted by molar-refractivity contribution is -0.113. The van der Waals surface area contributed by atoms with Crippen LogP contribution in [0.3, 0.4) is 0 Å². The van der Waals surface area contributed by atoms with Gasteiger partial charge in [-0.3, -0.25) is 4.79 Å². The van der Waals surface area contributed by atoms with Gasteiger partial charge in [-0.1, -0.05) is 36.4 Å². The quantitative estimate of drug-likeness (QED) is 0.417. The molecule has 3 rings (SSSR count). The molecule has 0 fully saturated rings. The van der Waals surface area contributed by atoms with Gasteiger partial charge in [-0.15, -0.1) is 11.8 Å². The van der Waals surface area contributed by atoms with Crippen molar-refractivity contribution in [2.24, 2.45) is 0 Å². The van der Waals surface area contributed by atoms with Crippen molar-refractivity contribution in [1.29, 1.82) is 0 Å². The zero-order valence-corrected chi connectivity index (χ0v) is 17.5. The van der Waals surface area contributed by atoms with Gasteiger partial charge in [-0.25, -0.2) is 0 Å². The maximum atomic E-state index is 12.4. The third kappa shape index (κ3) is 6.89. The molecular weight excluding hydrogens is 424 g/mol. The molecule has 0 aromatic heterocycles. The first kappa shape index (κ1) is 22.4. The molecule has 31 heavy (non-hydrogen) atoms. The smallest absolute Gasteiger partial charge is 0.387 e. The van der Waals surface area contributed by atoms with E-state index < -0.39 is 6.61 Å². The van der Waals surface area contributed by atoms with E-state index in [1.165, 1.54) is 24.9 Å². The first-order valence-electron chi connectivity index (χ1n) is 9.36. The summed E-state index contributed by atoms with van der Waals surface area (Å²) in [5.74, 6) is 1.93. The van der Waals surface area contributed by atoms with Crippen LogP contribution < -0.4 is 19.5 Å². The predicted molar refractivity (Wildman–Crippen MR) is 117 cm³/mol. The van der Waals surface area contributed by atoms with Gasteiger partial charge < -0.3 is 19.5 Å². The SMILES string of the molecule is COc1cc(CSCC(=O)Nc2ccccc2Oc2ccccc2)ccc1OC(F)F. The number of amides is 1. The maximum Gasteiger partial charge on any atom is 0.387 e. The summed E-state index contributed by atoms with van der Waals surface area (Å²) in [6.45, 7) is -2.92. The van der Waals surface area contributed by atoms with Gasteiger partial charge in [0.05, 0.1) is 18.6 Å². The highest BCUT2D eigenvalue weighted by atomic mass is 32.2. The number of hydrogen-bond donors (Lipinski definition) is 1. The minimum atomic E-state index is -2.92. The lowest BCUT2D eigenvalue weighted by Gasteiger charge is -2.13. The van der Waals surface area contributed by atoms with Gasteiger partial charge in [-0.05, 0) is 42.0 Å². The standard InChI is InChI=1S/C23H21F2NO4S/c1-28-21-13-16(11-12-20(21)30-23(24)25)14-31-15-22(27)26-18-9-5-6-10-19(18)29-17-7-3-2-4-8-17/h2-13,23H,14-15H2,1H3,(H,26,27). The Morgan fingerprint density at radius 2 is 1.71 bits per heavy atom. The molecule has 8 heteroatoms. The number of hydrogen-bond acceptors (Lipinski definition) is 5. The van der Waals surface area contributed by atoms with Crippen LogP contribution in [0, 0.1) is 0 Å². The van der Waals surface area contributed by atoms with E-state index in [4.69, 9.17) is 9.47 Å². The third-order valence-electron chi connectivity index (χ3n) is 4.08. The van der Waals surface area contributed by atoms with Crippen molar-refractivity contribution in [3.63, 3.8) is 0 Å². The Morgan fingerprint density at radius 1 is 0.968 bits per heavy atom.